The van der Waals surface area contributed by atoms with Gasteiger partial charge < -0.3 is 16.8 Å². The van der Waals surface area contributed by atoms with Crippen molar-refractivity contribution in [2.45, 2.75) is 38.3 Å². The molecular formula is C11H22N4O2. The zero-order valence-electron chi connectivity index (χ0n) is 10.5. The highest BCUT2D eigenvalue weighted by Crippen LogP contribution is 2.10. The van der Waals surface area contributed by atoms with Gasteiger partial charge in [0.05, 0.1) is 12.1 Å². The van der Waals surface area contributed by atoms with Crippen molar-refractivity contribution in [3.8, 4) is 0 Å². The molecule has 0 spiro atoms. The van der Waals surface area contributed by atoms with Crippen molar-refractivity contribution in [2.24, 2.45) is 11.5 Å². The summed E-state index contributed by atoms with van der Waals surface area (Å²) in [5, 5.41) is 2.93. The number of nitrogens with one attached hydrogen (secondary N) is 1. The van der Waals surface area contributed by atoms with E-state index in [4.69, 9.17) is 11.5 Å². The van der Waals surface area contributed by atoms with Crippen LogP contribution >= 0.6 is 0 Å². The average molecular weight is 242 g/mol. The van der Waals surface area contributed by atoms with Crippen LogP contribution in [0.15, 0.2) is 0 Å². The van der Waals surface area contributed by atoms with Gasteiger partial charge in [-0.3, -0.25) is 14.5 Å². The van der Waals surface area contributed by atoms with Crippen LogP contribution in [0, 0.1) is 0 Å². The molecule has 6 heteroatoms. The molecular weight excluding hydrogens is 220 g/mol. The van der Waals surface area contributed by atoms with Crippen LogP contribution in [0.1, 0.15) is 26.7 Å². The number of carbonyl (C=O) groups excluding carboxylic acids is 2. The van der Waals surface area contributed by atoms with E-state index in [2.05, 4.69) is 5.32 Å². The smallest absolute Gasteiger partial charge is 0.239 e. The minimum atomic E-state index is -0.843. The Morgan fingerprint density at radius 2 is 1.88 bits per heavy atom. The molecule has 0 radical (unpaired) electrons. The molecule has 0 aromatic heterocycles. The summed E-state index contributed by atoms with van der Waals surface area (Å²) in [5.41, 5.74) is 9.99. The van der Waals surface area contributed by atoms with Crippen molar-refractivity contribution in [1.82, 2.24) is 10.2 Å². The summed E-state index contributed by atoms with van der Waals surface area (Å²) in [4.78, 5) is 24.4. The SMILES string of the molecule is CC(C)(N)C(=O)NC1CCN(CC(N)=O)CC1. The van der Waals surface area contributed by atoms with E-state index >= 15 is 0 Å². The molecule has 6 nitrogen and oxygen atoms in total. The molecule has 1 heterocycles. The largest absolute Gasteiger partial charge is 0.369 e. The van der Waals surface area contributed by atoms with Crippen LogP contribution in [0.2, 0.25) is 0 Å². The molecule has 1 fully saturated rings. The van der Waals surface area contributed by atoms with Crippen LogP contribution in [-0.2, 0) is 9.59 Å². The number of hydrogen-bond donors (Lipinski definition) is 3. The summed E-state index contributed by atoms with van der Waals surface area (Å²) < 4.78 is 0. The van der Waals surface area contributed by atoms with Gasteiger partial charge in [-0.1, -0.05) is 0 Å². The molecule has 0 aromatic rings. The number of likely N-dealkylation sites (tertiary alicyclic amines) is 1. The van der Waals surface area contributed by atoms with Crippen LogP contribution in [0.3, 0.4) is 0 Å². The first-order valence-corrected chi connectivity index (χ1v) is 5.89. The van der Waals surface area contributed by atoms with E-state index in [1.807, 2.05) is 4.90 Å². The third-order valence-electron chi connectivity index (χ3n) is 2.89. The molecule has 1 aliphatic rings. The van der Waals surface area contributed by atoms with Crippen LogP contribution < -0.4 is 16.8 Å². The van der Waals surface area contributed by atoms with Gasteiger partial charge in [-0.2, -0.15) is 0 Å². The second-order valence-electron chi connectivity index (χ2n) is 5.21. The first-order chi connectivity index (χ1) is 7.79. The monoisotopic (exact) mass is 242 g/mol. The fraction of sp³-hybridized carbons (Fsp3) is 0.818. The number of piperidine rings is 1. The van der Waals surface area contributed by atoms with E-state index in [1.54, 1.807) is 13.8 Å². The Balaban J connectivity index is 2.33. The Morgan fingerprint density at radius 3 is 2.29 bits per heavy atom. The molecule has 98 valence electrons. The minimum Gasteiger partial charge on any atom is -0.369 e. The Hall–Kier alpha value is -1.14. The summed E-state index contributed by atoms with van der Waals surface area (Å²) in [6, 6.07) is 0.148. The molecule has 17 heavy (non-hydrogen) atoms. The van der Waals surface area contributed by atoms with Gasteiger partial charge in [-0.25, -0.2) is 0 Å². The van der Waals surface area contributed by atoms with Crippen LogP contribution in [-0.4, -0.2) is 47.9 Å². The third kappa shape index (κ3) is 4.70. The predicted octanol–water partition coefficient (Wildman–Crippen LogP) is -1.21. The molecule has 1 aliphatic heterocycles. The Morgan fingerprint density at radius 1 is 1.35 bits per heavy atom. The highest BCUT2D eigenvalue weighted by Gasteiger charge is 2.27. The van der Waals surface area contributed by atoms with Gasteiger partial charge in [0.1, 0.15) is 0 Å². The molecule has 1 saturated heterocycles. The summed E-state index contributed by atoms with van der Waals surface area (Å²) in [6.45, 7) is 5.22. The van der Waals surface area contributed by atoms with E-state index in [9.17, 15) is 9.59 Å². The van der Waals surface area contributed by atoms with Gasteiger partial charge >= 0.3 is 0 Å². The van der Waals surface area contributed by atoms with Gasteiger partial charge in [0.2, 0.25) is 11.8 Å². The number of amides is 2. The number of nitrogens with two attached hydrogens (primary N) is 2. The van der Waals surface area contributed by atoms with Crippen molar-refractivity contribution in [2.75, 3.05) is 19.6 Å². The van der Waals surface area contributed by atoms with Crippen molar-refractivity contribution < 1.29 is 9.59 Å². The molecule has 1 rings (SSSR count). The Bertz CT molecular complexity index is 290. The van der Waals surface area contributed by atoms with Gasteiger partial charge in [-0.15, -0.1) is 0 Å². The lowest BCUT2D eigenvalue weighted by atomic mass is 10.0. The van der Waals surface area contributed by atoms with Gasteiger partial charge in [0, 0.05) is 19.1 Å². The lowest BCUT2D eigenvalue weighted by Gasteiger charge is -2.32. The van der Waals surface area contributed by atoms with Crippen molar-refractivity contribution >= 4 is 11.8 Å². The lowest BCUT2D eigenvalue weighted by molar-refractivity contribution is -0.126. The van der Waals surface area contributed by atoms with E-state index in [0.717, 1.165) is 25.9 Å². The highest BCUT2D eigenvalue weighted by molar-refractivity contribution is 5.85. The fourth-order valence-electron chi connectivity index (χ4n) is 1.83. The highest BCUT2D eigenvalue weighted by atomic mass is 16.2. The normalized spacial score (nSPS) is 19.0. The van der Waals surface area contributed by atoms with Crippen LogP contribution in [0.25, 0.3) is 0 Å². The molecule has 2 amide bonds. The summed E-state index contributed by atoms with van der Waals surface area (Å²) in [7, 11) is 0. The van der Waals surface area contributed by atoms with Crippen molar-refractivity contribution in [1.29, 1.82) is 0 Å². The van der Waals surface area contributed by atoms with Gasteiger partial charge in [0.25, 0.3) is 0 Å². The molecule has 0 bridgehead atoms. The minimum absolute atomic E-state index is 0.133. The topological polar surface area (TPSA) is 101 Å². The lowest BCUT2D eigenvalue weighted by Crippen LogP contribution is -2.54. The van der Waals surface area contributed by atoms with Crippen molar-refractivity contribution in [3.63, 3.8) is 0 Å². The van der Waals surface area contributed by atoms with E-state index in [-0.39, 0.29) is 17.9 Å². The maximum Gasteiger partial charge on any atom is 0.239 e. The molecule has 0 aromatic carbocycles. The third-order valence-corrected chi connectivity index (χ3v) is 2.89. The second-order valence-corrected chi connectivity index (χ2v) is 5.21. The fourth-order valence-corrected chi connectivity index (χ4v) is 1.83. The number of nitrogens with zero attached hydrogens (tertiary/aromatic N) is 1. The van der Waals surface area contributed by atoms with E-state index in [1.165, 1.54) is 0 Å². The standard InChI is InChI=1S/C11H22N4O2/c1-11(2,13)10(17)14-8-3-5-15(6-4-8)7-9(12)16/h8H,3-7,13H2,1-2H3,(H2,12,16)(H,14,17). The Labute approximate surface area is 102 Å². The molecule has 0 aliphatic carbocycles. The zero-order valence-corrected chi connectivity index (χ0v) is 10.5. The zero-order chi connectivity index (χ0) is 13.1. The summed E-state index contributed by atoms with van der Waals surface area (Å²) in [6.07, 6.45) is 1.66. The second kappa shape index (κ2) is 5.46. The van der Waals surface area contributed by atoms with Crippen LogP contribution in [0.5, 0.6) is 0 Å². The molecule has 0 saturated carbocycles. The van der Waals surface area contributed by atoms with Crippen molar-refractivity contribution in [3.05, 3.63) is 0 Å². The molecule has 0 unspecified atom stereocenters. The Kier molecular flexibility index (Phi) is 4.47. The van der Waals surface area contributed by atoms with E-state index < -0.39 is 5.54 Å². The first-order valence-electron chi connectivity index (χ1n) is 5.89. The summed E-state index contributed by atoms with van der Waals surface area (Å²) in [5.74, 6) is -0.443. The maximum atomic E-state index is 11.7. The van der Waals surface area contributed by atoms with Crippen LogP contribution in [0.4, 0.5) is 0 Å². The molecule has 0 atom stereocenters. The van der Waals surface area contributed by atoms with Gasteiger partial charge in [0.15, 0.2) is 0 Å². The quantitative estimate of drug-likeness (QED) is 0.575. The van der Waals surface area contributed by atoms with Gasteiger partial charge in [-0.05, 0) is 26.7 Å². The first kappa shape index (κ1) is 13.9. The average Bonchev–Trinajstić information content (AvgIpc) is 2.18. The number of rotatable bonds is 4. The summed E-state index contributed by atoms with van der Waals surface area (Å²) >= 11 is 0. The maximum absolute atomic E-state index is 11.7. The number of hydrogen-bond acceptors (Lipinski definition) is 4. The van der Waals surface area contributed by atoms with E-state index in [0.29, 0.717) is 6.54 Å². The number of carbonyl (C=O) groups is 2. The molecule has 5 N–H and O–H groups in total. The predicted molar refractivity (Wildman–Crippen MR) is 65.1 cm³/mol. The number of primary amides is 1.